The molecule has 59 heavy (non-hydrogen) atoms. The van der Waals surface area contributed by atoms with Gasteiger partial charge in [0.05, 0.1) is 44.9 Å². The average molecular weight is 811 g/mol. The Morgan fingerprint density at radius 2 is 1.05 bits per heavy atom. The maximum absolute atomic E-state index is 14.3. The van der Waals surface area contributed by atoms with Crippen LogP contribution < -0.4 is 0 Å². The van der Waals surface area contributed by atoms with Crippen LogP contribution >= 0.6 is 11.6 Å². The summed E-state index contributed by atoms with van der Waals surface area (Å²) in [5.74, 6) is -0.586. The summed E-state index contributed by atoms with van der Waals surface area (Å²) >= 11 is 6.55. The molecule has 0 spiro atoms. The summed E-state index contributed by atoms with van der Waals surface area (Å²) in [6, 6.07) is 48.2. The number of rotatable bonds is 16. The normalized spacial score (nSPS) is 20.6. The number of nitrogens with zero attached hydrogens (tertiary/aromatic N) is 4. The van der Waals surface area contributed by atoms with Gasteiger partial charge in [-0.3, -0.25) is 4.57 Å². The highest BCUT2D eigenvalue weighted by atomic mass is 35.5. The van der Waals surface area contributed by atoms with E-state index >= 15 is 0 Å². The van der Waals surface area contributed by atoms with E-state index in [1.54, 1.807) is 35.2 Å². The first-order chi connectivity index (χ1) is 29.1. The first-order valence-electron chi connectivity index (χ1n) is 19.4. The Balaban J connectivity index is 1.27. The maximum Gasteiger partial charge on any atom is 0.338 e. The van der Waals surface area contributed by atoms with Crippen LogP contribution in [0.3, 0.4) is 0 Å². The third-order valence-electron chi connectivity index (χ3n) is 10.0. The van der Waals surface area contributed by atoms with Crippen LogP contribution in [0.15, 0.2) is 164 Å². The van der Waals surface area contributed by atoms with Crippen LogP contribution in [0, 0.1) is 0 Å². The average Bonchev–Trinajstić information content (AvgIpc) is 3.68. The molecule has 1 saturated heterocycles. The molecule has 1 fully saturated rings. The van der Waals surface area contributed by atoms with Crippen LogP contribution in [-0.4, -0.2) is 62.6 Å². The van der Waals surface area contributed by atoms with Crippen LogP contribution in [0.5, 0.6) is 0 Å². The van der Waals surface area contributed by atoms with Crippen molar-refractivity contribution in [3.8, 4) is 0 Å². The van der Waals surface area contributed by atoms with Crippen LogP contribution in [0.25, 0.3) is 11.2 Å². The minimum absolute atomic E-state index is 0.0726. The minimum Gasteiger partial charge on any atom is -0.451 e. The third-order valence-corrected chi connectivity index (χ3v) is 10.3. The highest BCUT2D eigenvalue weighted by Gasteiger charge is 2.52. The molecule has 5 aromatic carbocycles. The van der Waals surface area contributed by atoms with E-state index in [4.69, 9.17) is 40.0 Å². The van der Waals surface area contributed by atoms with E-state index in [0.29, 0.717) is 23.3 Å². The maximum atomic E-state index is 14.3. The van der Waals surface area contributed by atoms with Gasteiger partial charge in [0.2, 0.25) is 0 Å². The van der Waals surface area contributed by atoms with E-state index in [0.717, 1.165) is 22.3 Å². The molecular formula is C47H43ClN4O7. The third kappa shape index (κ3) is 10.1. The number of hydrogen-bond donors (Lipinski definition) is 0. The molecule has 8 rings (SSSR count). The lowest BCUT2D eigenvalue weighted by molar-refractivity contribution is -0.185. The molecular weight excluding hydrogens is 768 g/mol. The van der Waals surface area contributed by atoms with E-state index in [-0.39, 0.29) is 31.6 Å². The Morgan fingerprint density at radius 3 is 1.59 bits per heavy atom. The molecule has 0 aliphatic carbocycles. The molecule has 0 unspecified atom stereocenters. The molecule has 2 aromatic heterocycles. The second kappa shape index (κ2) is 19.8. The summed E-state index contributed by atoms with van der Waals surface area (Å²) in [6.45, 7) is 0.950. The molecule has 300 valence electrons. The van der Waals surface area contributed by atoms with Gasteiger partial charge in [-0.15, -0.1) is 0 Å². The Morgan fingerprint density at radius 1 is 0.576 bits per heavy atom. The molecule has 0 amide bonds. The number of ether oxygens (including phenoxy) is 6. The lowest BCUT2D eigenvalue weighted by atomic mass is 9.98. The molecule has 0 radical (unpaired) electrons. The van der Waals surface area contributed by atoms with Crippen molar-refractivity contribution in [2.45, 2.75) is 63.2 Å². The summed E-state index contributed by atoms with van der Waals surface area (Å²) in [4.78, 5) is 27.6. The van der Waals surface area contributed by atoms with Gasteiger partial charge in [-0.25, -0.2) is 19.7 Å². The molecule has 0 bridgehead atoms. The molecule has 3 heterocycles. The fourth-order valence-corrected chi connectivity index (χ4v) is 7.27. The lowest BCUT2D eigenvalue weighted by Crippen LogP contribution is -2.52. The van der Waals surface area contributed by atoms with Crippen molar-refractivity contribution >= 4 is 28.7 Å². The van der Waals surface area contributed by atoms with E-state index < -0.39 is 42.7 Å². The zero-order valence-corrected chi connectivity index (χ0v) is 32.9. The fraction of sp³-hybridized carbons (Fsp3) is 0.234. The van der Waals surface area contributed by atoms with Gasteiger partial charge in [0.1, 0.15) is 36.3 Å². The van der Waals surface area contributed by atoms with Gasteiger partial charge in [-0.1, -0.05) is 151 Å². The van der Waals surface area contributed by atoms with Gasteiger partial charge in [0.15, 0.2) is 23.1 Å². The number of benzene rings is 5. The van der Waals surface area contributed by atoms with Crippen molar-refractivity contribution in [2.75, 3.05) is 6.61 Å². The van der Waals surface area contributed by atoms with Gasteiger partial charge >= 0.3 is 5.97 Å². The van der Waals surface area contributed by atoms with Crippen molar-refractivity contribution in [1.82, 2.24) is 19.5 Å². The molecule has 12 heteroatoms. The number of fused-ring (bicyclic) bond motifs is 1. The molecule has 11 nitrogen and oxygen atoms in total. The van der Waals surface area contributed by atoms with Gasteiger partial charge in [0, 0.05) is 0 Å². The first-order valence-corrected chi connectivity index (χ1v) is 19.8. The monoisotopic (exact) mass is 810 g/mol. The molecule has 1 aliphatic rings. The Bertz CT molecular complexity index is 2360. The van der Waals surface area contributed by atoms with Gasteiger partial charge in [0.25, 0.3) is 0 Å². The highest BCUT2D eigenvalue weighted by Crippen LogP contribution is 2.38. The summed E-state index contributed by atoms with van der Waals surface area (Å²) in [6.07, 6.45) is -2.88. The predicted octanol–water partition coefficient (Wildman–Crippen LogP) is 8.58. The number of carbonyl (C=O) groups is 1. The number of halogens is 1. The van der Waals surface area contributed by atoms with Crippen molar-refractivity contribution < 1.29 is 33.2 Å². The summed E-state index contributed by atoms with van der Waals surface area (Å²) in [5.41, 5.74) is 4.83. The minimum atomic E-state index is -1.17. The Hall–Kier alpha value is -5.79. The molecule has 6 atom stereocenters. The van der Waals surface area contributed by atoms with Crippen LogP contribution in [0.4, 0.5) is 0 Å². The number of imidazole rings is 1. The standard InChI is InChI=1S/C47H43ClN4O7/c48-44-39-45(50-31-49-44)52(32-51-39)46-43(59-47(53)37-24-14-5-15-25-37)42(57-29-36-22-12-4-13-23-36)41(56-28-35-20-10-3-11-21-35)40(55-27-34-18-8-2-9-19-34)38(58-46)30-54-26-33-16-6-1-7-17-33/h1-25,31-32,38,40-43,46H,26-30H2/t38-,40-,41+,42-,43-,46-/m1/s1. The van der Waals surface area contributed by atoms with Crippen LogP contribution in [0.2, 0.25) is 5.15 Å². The van der Waals surface area contributed by atoms with Gasteiger partial charge in [-0.2, -0.15) is 0 Å². The SMILES string of the molecule is O=C(O[C@@H]1[C@H](OCc2ccccc2)[C@@H](OCc2ccccc2)[C@H](OCc2ccccc2)[C@@H](COCc2ccccc2)O[C@H]1n1cnc2c(Cl)ncnc21)c1ccccc1. The molecule has 7 aromatic rings. The van der Waals surface area contributed by atoms with Crippen LogP contribution in [-0.2, 0) is 54.8 Å². The second-order valence-electron chi connectivity index (χ2n) is 14.1. The van der Waals surface area contributed by atoms with Crippen LogP contribution in [0.1, 0.15) is 38.8 Å². The Labute approximate surface area is 347 Å². The smallest absolute Gasteiger partial charge is 0.338 e. The predicted molar refractivity (Wildman–Crippen MR) is 221 cm³/mol. The van der Waals surface area contributed by atoms with Crippen molar-refractivity contribution in [3.05, 3.63) is 197 Å². The first kappa shape index (κ1) is 40.0. The summed E-state index contributed by atoms with van der Waals surface area (Å²) in [7, 11) is 0. The lowest BCUT2D eigenvalue weighted by Gasteiger charge is -2.36. The fourth-order valence-electron chi connectivity index (χ4n) is 7.09. The van der Waals surface area contributed by atoms with Gasteiger partial charge < -0.3 is 28.4 Å². The zero-order chi connectivity index (χ0) is 40.2. The second-order valence-corrected chi connectivity index (χ2v) is 14.4. The number of hydrogen-bond acceptors (Lipinski definition) is 10. The summed E-state index contributed by atoms with van der Waals surface area (Å²) < 4.78 is 42.8. The largest absolute Gasteiger partial charge is 0.451 e. The molecule has 0 N–H and O–H groups in total. The van der Waals surface area contributed by atoms with E-state index in [2.05, 4.69) is 15.0 Å². The summed E-state index contributed by atoms with van der Waals surface area (Å²) in [5, 5.41) is 0.160. The molecule has 0 saturated carbocycles. The Kier molecular flexibility index (Phi) is 13.4. The van der Waals surface area contributed by atoms with Crippen molar-refractivity contribution in [3.63, 3.8) is 0 Å². The number of esters is 1. The zero-order valence-electron chi connectivity index (χ0n) is 32.1. The van der Waals surface area contributed by atoms with Crippen molar-refractivity contribution in [1.29, 1.82) is 0 Å². The molecule has 1 aliphatic heterocycles. The van der Waals surface area contributed by atoms with Gasteiger partial charge in [-0.05, 0) is 34.4 Å². The van der Waals surface area contributed by atoms with E-state index in [1.807, 2.05) is 127 Å². The quantitative estimate of drug-likeness (QED) is 0.0695. The highest BCUT2D eigenvalue weighted by molar-refractivity contribution is 6.33. The van der Waals surface area contributed by atoms with Crippen molar-refractivity contribution in [2.24, 2.45) is 0 Å². The van der Waals surface area contributed by atoms with E-state index in [1.165, 1.54) is 6.33 Å². The van der Waals surface area contributed by atoms with E-state index in [9.17, 15) is 4.79 Å². The topological polar surface area (TPSA) is 116 Å². The number of carbonyl (C=O) groups excluding carboxylic acids is 1. The number of aromatic nitrogens is 4.